The van der Waals surface area contributed by atoms with E-state index in [-0.39, 0.29) is 28.8 Å². The Bertz CT molecular complexity index is 1560. The third-order valence-corrected chi connectivity index (χ3v) is 12.9. The molecule has 13 heteroatoms. The summed E-state index contributed by atoms with van der Waals surface area (Å²) in [5.74, 6) is -0.701. The summed E-state index contributed by atoms with van der Waals surface area (Å²) in [5, 5.41) is 2.32. The number of carbonyl (C=O) groups excluding carboxylic acids is 2. The van der Waals surface area contributed by atoms with Crippen molar-refractivity contribution in [2.24, 2.45) is 5.73 Å². The van der Waals surface area contributed by atoms with Crippen LogP contribution in [0.25, 0.3) is 0 Å². The molecule has 3 N–H and O–H groups in total. The van der Waals surface area contributed by atoms with E-state index in [0.29, 0.717) is 42.4 Å². The van der Waals surface area contributed by atoms with Crippen molar-refractivity contribution < 1.29 is 18.0 Å². The first-order valence-corrected chi connectivity index (χ1v) is 17.4. The highest BCUT2D eigenvalue weighted by Crippen LogP contribution is 2.51. The summed E-state index contributed by atoms with van der Waals surface area (Å²) in [7, 11) is -3.98. The first kappa shape index (κ1) is 29.3. The van der Waals surface area contributed by atoms with Crippen molar-refractivity contribution in [1.82, 2.24) is 20.1 Å². The van der Waals surface area contributed by atoms with Crippen molar-refractivity contribution in [2.75, 3.05) is 37.6 Å². The largest absolute Gasteiger partial charge is 0.369 e. The van der Waals surface area contributed by atoms with Crippen molar-refractivity contribution in [3.8, 4) is 0 Å². The van der Waals surface area contributed by atoms with E-state index in [1.165, 1.54) is 17.7 Å². The Morgan fingerprint density at radius 3 is 2.49 bits per heavy atom. The molecule has 4 heterocycles. The minimum Gasteiger partial charge on any atom is -0.369 e. The molecule has 3 atom stereocenters. The van der Waals surface area contributed by atoms with E-state index in [0.717, 1.165) is 31.9 Å². The second-order valence-electron chi connectivity index (χ2n) is 12.9. The molecule has 0 spiro atoms. The zero-order valence-electron chi connectivity index (χ0n) is 23.8. The number of nitrogens with zero attached hydrogens (tertiary/aromatic N) is 4. The van der Waals surface area contributed by atoms with Crippen LogP contribution in [0.4, 0.5) is 5.69 Å². The molecular weight excluding hydrogens is 611 g/mol. The molecule has 7 rings (SSSR count). The molecule has 3 saturated heterocycles. The fourth-order valence-corrected chi connectivity index (χ4v) is 9.44. The van der Waals surface area contributed by atoms with Gasteiger partial charge in [0.15, 0.2) is 9.84 Å². The van der Waals surface area contributed by atoms with Crippen molar-refractivity contribution in [1.29, 1.82) is 0 Å². The molecule has 230 valence electrons. The number of aromatic nitrogens is 1. The monoisotopic (exact) mass is 646 g/mol. The number of nitrogens with two attached hydrogens (primary N) is 1. The molecular formula is C30H36Cl2N6O4S. The molecule has 0 radical (unpaired) electrons. The number of hydrogen-bond donors (Lipinski definition) is 2. The van der Waals surface area contributed by atoms with Gasteiger partial charge in [-0.25, -0.2) is 13.4 Å². The number of amides is 2. The van der Waals surface area contributed by atoms with Crippen LogP contribution >= 0.6 is 23.2 Å². The van der Waals surface area contributed by atoms with E-state index in [4.69, 9.17) is 28.9 Å². The van der Waals surface area contributed by atoms with Crippen LogP contribution in [0.3, 0.4) is 0 Å². The van der Waals surface area contributed by atoms with E-state index >= 15 is 0 Å². The van der Waals surface area contributed by atoms with Crippen LogP contribution in [0.1, 0.15) is 50.5 Å². The quantitative estimate of drug-likeness (QED) is 0.347. The lowest BCUT2D eigenvalue weighted by molar-refractivity contribution is -0.140. The minimum atomic E-state index is -3.98. The van der Waals surface area contributed by atoms with Gasteiger partial charge < -0.3 is 20.9 Å². The molecule has 43 heavy (non-hydrogen) atoms. The molecule has 3 aliphatic heterocycles. The summed E-state index contributed by atoms with van der Waals surface area (Å²) in [4.78, 5) is 38.0. The zero-order chi connectivity index (χ0) is 30.1. The topological polar surface area (TPSA) is 129 Å². The molecule has 0 bridgehead atoms. The second kappa shape index (κ2) is 10.6. The maximum atomic E-state index is 14.1. The smallest absolute Gasteiger partial charge is 0.244 e. The molecule has 10 nitrogen and oxygen atoms in total. The Kier molecular flexibility index (Phi) is 7.21. The van der Waals surface area contributed by atoms with Crippen molar-refractivity contribution >= 4 is 50.5 Å². The fourth-order valence-electron chi connectivity index (χ4n) is 7.09. The summed E-state index contributed by atoms with van der Waals surface area (Å²) in [6, 6.07) is 8.09. The van der Waals surface area contributed by atoms with E-state index in [1.54, 1.807) is 30.5 Å². The number of sulfone groups is 1. The fraction of sp³-hybridized carbons (Fsp3) is 0.567. The molecule has 2 aliphatic carbocycles. The molecule has 1 aromatic carbocycles. The number of piperazine rings is 1. The van der Waals surface area contributed by atoms with E-state index in [1.807, 2.05) is 6.07 Å². The van der Waals surface area contributed by atoms with E-state index in [9.17, 15) is 18.0 Å². The maximum absolute atomic E-state index is 14.1. The number of benzene rings is 1. The molecule has 2 aromatic rings. The van der Waals surface area contributed by atoms with Crippen LogP contribution in [0, 0.1) is 0 Å². The average Bonchev–Trinajstić information content (AvgIpc) is 3.81. The normalized spacial score (nSPS) is 27.6. The van der Waals surface area contributed by atoms with Gasteiger partial charge in [-0.2, -0.15) is 0 Å². The maximum Gasteiger partial charge on any atom is 0.244 e. The first-order valence-electron chi connectivity index (χ1n) is 15.1. The van der Waals surface area contributed by atoms with Crippen LogP contribution in [0.15, 0.2) is 41.4 Å². The molecule has 1 aromatic heterocycles. The highest BCUT2D eigenvalue weighted by atomic mass is 35.5. The number of anilines is 1. The first-order chi connectivity index (χ1) is 20.5. The number of halogens is 2. The highest BCUT2D eigenvalue weighted by molar-refractivity contribution is 7.92. The van der Waals surface area contributed by atoms with Crippen LogP contribution in [0.5, 0.6) is 0 Å². The lowest BCUT2D eigenvalue weighted by Crippen LogP contribution is -2.54. The van der Waals surface area contributed by atoms with Gasteiger partial charge in [0.25, 0.3) is 0 Å². The van der Waals surface area contributed by atoms with Gasteiger partial charge in [0, 0.05) is 44.1 Å². The zero-order valence-corrected chi connectivity index (χ0v) is 26.2. The number of hydrogen-bond acceptors (Lipinski definition) is 8. The Morgan fingerprint density at radius 2 is 1.81 bits per heavy atom. The van der Waals surface area contributed by atoms with Gasteiger partial charge in [-0.3, -0.25) is 14.5 Å². The van der Waals surface area contributed by atoms with Crippen LogP contribution in [0.2, 0.25) is 10.2 Å². The molecule has 5 fully saturated rings. The SMILES string of the molecule is NC1(NC(=O)[C@@H]2C[C@@H](S(=O)(=O)c3ccc(N4CCN5CCC[C@H]5C4)cc3Cl)CN2C(=O)C2(c3ccc(Cl)nc3)CC2)CC1. The van der Waals surface area contributed by atoms with Crippen molar-refractivity contribution in [2.45, 2.75) is 78.3 Å². The Balaban J connectivity index is 1.14. The van der Waals surface area contributed by atoms with Gasteiger partial charge in [-0.05, 0) is 81.3 Å². The standard InChI is InChI=1S/C30H36Cl2N6O4S/c31-23-14-20(37-13-12-36-11-1-2-21(36)17-37)4-5-25(23)43(41,42)22-15-24(27(39)35-30(33)9-10-30)38(18-22)28(40)29(7-8-29)19-3-6-26(32)34-16-19/h3-6,14,16,21-22,24H,1-2,7-13,15,17-18,33H2,(H,35,39)/t21-,22+,24-/m0/s1. The van der Waals surface area contributed by atoms with Gasteiger partial charge >= 0.3 is 0 Å². The molecule has 0 unspecified atom stereocenters. The number of likely N-dealkylation sites (tertiary alicyclic amines) is 1. The van der Waals surface area contributed by atoms with Crippen molar-refractivity contribution in [3.63, 3.8) is 0 Å². The predicted molar refractivity (Wildman–Crippen MR) is 164 cm³/mol. The van der Waals surface area contributed by atoms with Gasteiger partial charge in [0.2, 0.25) is 11.8 Å². The predicted octanol–water partition coefficient (Wildman–Crippen LogP) is 2.71. The third kappa shape index (κ3) is 5.31. The number of pyridine rings is 1. The molecule has 2 saturated carbocycles. The van der Waals surface area contributed by atoms with Gasteiger partial charge in [-0.1, -0.05) is 29.3 Å². The number of nitrogens with one attached hydrogen (secondary N) is 1. The van der Waals surface area contributed by atoms with Crippen LogP contribution in [-0.2, 0) is 24.8 Å². The summed E-state index contributed by atoms with van der Waals surface area (Å²) in [5.41, 5.74) is 6.14. The lowest BCUT2D eigenvalue weighted by atomic mass is 9.95. The number of fused-ring (bicyclic) bond motifs is 1. The van der Waals surface area contributed by atoms with Crippen molar-refractivity contribution in [3.05, 3.63) is 52.3 Å². The Morgan fingerprint density at radius 1 is 1.02 bits per heavy atom. The molecule has 2 amide bonds. The van der Waals surface area contributed by atoms with Crippen LogP contribution in [-0.4, -0.2) is 90.7 Å². The highest BCUT2D eigenvalue weighted by Gasteiger charge is 2.58. The number of rotatable bonds is 7. The Labute approximate surface area is 261 Å². The van der Waals surface area contributed by atoms with Gasteiger partial charge in [0.1, 0.15) is 11.2 Å². The number of carbonyl (C=O) groups is 2. The molecule has 5 aliphatic rings. The Hall–Kier alpha value is -2.44. The third-order valence-electron chi connectivity index (χ3n) is 10.0. The van der Waals surface area contributed by atoms with E-state index < -0.39 is 38.1 Å². The lowest BCUT2D eigenvalue weighted by Gasteiger charge is -2.39. The summed E-state index contributed by atoms with van der Waals surface area (Å²) < 4.78 is 28.2. The average molecular weight is 648 g/mol. The van der Waals surface area contributed by atoms with E-state index in [2.05, 4.69) is 20.1 Å². The summed E-state index contributed by atoms with van der Waals surface area (Å²) in [6.07, 6.45) is 6.37. The van der Waals surface area contributed by atoms with Crippen LogP contribution < -0.4 is 16.0 Å². The van der Waals surface area contributed by atoms with Gasteiger partial charge in [-0.15, -0.1) is 0 Å². The minimum absolute atomic E-state index is 0.0244. The second-order valence-corrected chi connectivity index (χ2v) is 15.9. The summed E-state index contributed by atoms with van der Waals surface area (Å²) in [6.45, 7) is 3.77. The van der Waals surface area contributed by atoms with Gasteiger partial charge in [0.05, 0.1) is 26.2 Å². The summed E-state index contributed by atoms with van der Waals surface area (Å²) >= 11 is 12.7.